The van der Waals surface area contributed by atoms with Gasteiger partial charge in [-0.3, -0.25) is 4.79 Å². The van der Waals surface area contributed by atoms with Crippen molar-refractivity contribution in [3.05, 3.63) is 51.4 Å². The van der Waals surface area contributed by atoms with Gasteiger partial charge in [0.25, 0.3) is 5.91 Å². The fraction of sp³-hybridized carbons (Fsp3) is 0.350. The Bertz CT molecular complexity index is 876. The molecular weight excluding hydrogens is 346 g/mol. The fourth-order valence-electron chi connectivity index (χ4n) is 2.97. The summed E-state index contributed by atoms with van der Waals surface area (Å²) in [7, 11) is 0. The van der Waals surface area contributed by atoms with Crippen molar-refractivity contribution >= 4 is 28.0 Å². The van der Waals surface area contributed by atoms with E-state index in [-0.39, 0.29) is 12.5 Å². The van der Waals surface area contributed by atoms with Crippen LogP contribution in [0.1, 0.15) is 46.9 Å². The number of anilines is 1. The van der Waals surface area contributed by atoms with Crippen LogP contribution >= 0.6 is 11.3 Å². The highest BCUT2D eigenvalue weighted by molar-refractivity contribution is 7.16. The van der Waals surface area contributed by atoms with E-state index in [1.54, 1.807) is 0 Å². The van der Waals surface area contributed by atoms with Crippen molar-refractivity contribution in [2.24, 2.45) is 5.16 Å². The van der Waals surface area contributed by atoms with E-state index in [2.05, 4.69) is 16.5 Å². The molecular formula is C20H21N3O2S. The first-order valence-corrected chi connectivity index (χ1v) is 9.48. The summed E-state index contributed by atoms with van der Waals surface area (Å²) >= 11 is 1.51. The van der Waals surface area contributed by atoms with Crippen molar-refractivity contribution in [1.82, 2.24) is 0 Å². The number of fused-ring (bicyclic) bond motifs is 1. The van der Waals surface area contributed by atoms with Crippen molar-refractivity contribution in [2.45, 2.75) is 39.5 Å². The molecule has 1 heterocycles. The topological polar surface area (TPSA) is 74.5 Å². The van der Waals surface area contributed by atoms with Crippen LogP contribution in [0.3, 0.4) is 0 Å². The number of nitriles is 1. The number of hydrogen-bond donors (Lipinski definition) is 1. The van der Waals surface area contributed by atoms with Crippen molar-refractivity contribution in [2.75, 3.05) is 11.9 Å². The van der Waals surface area contributed by atoms with Gasteiger partial charge in [0, 0.05) is 4.88 Å². The van der Waals surface area contributed by atoms with E-state index in [0.29, 0.717) is 16.3 Å². The Morgan fingerprint density at radius 1 is 1.31 bits per heavy atom. The van der Waals surface area contributed by atoms with Crippen LogP contribution in [0.5, 0.6) is 0 Å². The third-order valence-corrected chi connectivity index (χ3v) is 5.61. The molecule has 1 aliphatic rings. The SMILES string of the molecule is C/C(=N/OCC(=O)Nc1sc2c(c1C#N)CCCC2)c1ccc(C)cc1. The maximum atomic E-state index is 12.1. The summed E-state index contributed by atoms with van der Waals surface area (Å²) in [5, 5.41) is 16.9. The first-order chi connectivity index (χ1) is 12.6. The quantitative estimate of drug-likeness (QED) is 0.636. The molecule has 1 N–H and O–H groups in total. The molecule has 1 amide bonds. The third-order valence-electron chi connectivity index (χ3n) is 4.40. The van der Waals surface area contributed by atoms with E-state index in [4.69, 9.17) is 4.84 Å². The summed E-state index contributed by atoms with van der Waals surface area (Å²) in [5.74, 6) is -0.305. The zero-order valence-corrected chi connectivity index (χ0v) is 15.8. The van der Waals surface area contributed by atoms with Crippen LogP contribution < -0.4 is 5.32 Å². The lowest BCUT2D eigenvalue weighted by Gasteiger charge is -2.09. The van der Waals surface area contributed by atoms with Crippen LogP contribution in [0.25, 0.3) is 0 Å². The van der Waals surface area contributed by atoms with Crippen molar-refractivity contribution in [1.29, 1.82) is 5.26 Å². The van der Waals surface area contributed by atoms with Gasteiger partial charge in [0.2, 0.25) is 0 Å². The number of carbonyl (C=O) groups excluding carboxylic acids is 1. The number of nitrogens with one attached hydrogen (secondary N) is 1. The summed E-state index contributed by atoms with van der Waals surface area (Å²) < 4.78 is 0. The predicted molar refractivity (Wildman–Crippen MR) is 104 cm³/mol. The van der Waals surface area contributed by atoms with Crippen LogP contribution in [0.2, 0.25) is 0 Å². The average Bonchev–Trinajstić information content (AvgIpc) is 2.99. The molecule has 1 aliphatic carbocycles. The summed E-state index contributed by atoms with van der Waals surface area (Å²) in [6.45, 7) is 3.68. The number of oxime groups is 1. The Labute approximate surface area is 157 Å². The lowest BCUT2D eigenvalue weighted by Crippen LogP contribution is -2.17. The number of thiophene rings is 1. The van der Waals surface area contributed by atoms with Gasteiger partial charge in [0.05, 0.1) is 11.3 Å². The molecule has 26 heavy (non-hydrogen) atoms. The monoisotopic (exact) mass is 367 g/mol. The summed E-state index contributed by atoms with van der Waals surface area (Å²) in [5.41, 5.74) is 4.55. The number of rotatable bonds is 5. The van der Waals surface area contributed by atoms with Crippen molar-refractivity contribution in [3.63, 3.8) is 0 Å². The molecule has 6 heteroatoms. The molecule has 134 valence electrons. The fourth-order valence-corrected chi connectivity index (χ4v) is 4.23. The minimum absolute atomic E-state index is 0.184. The first-order valence-electron chi connectivity index (χ1n) is 8.66. The minimum atomic E-state index is -0.305. The van der Waals surface area contributed by atoms with E-state index in [9.17, 15) is 10.1 Å². The van der Waals surface area contributed by atoms with E-state index < -0.39 is 0 Å². The number of amides is 1. The maximum Gasteiger partial charge on any atom is 0.265 e. The van der Waals surface area contributed by atoms with Crippen LogP contribution in [0, 0.1) is 18.3 Å². The van der Waals surface area contributed by atoms with Gasteiger partial charge in [-0.05, 0) is 50.7 Å². The number of carbonyl (C=O) groups is 1. The van der Waals surface area contributed by atoms with Gasteiger partial charge in [-0.2, -0.15) is 5.26 Å². The van der Waals surface area contributed by atoms with E-state index in [1.807, 2.05) is 38.1 Å². The number of aryl methyl sites for hydroxylation is 2. The maximum absolute atomic E-state index is 12.1. The van der Waals surface area contributed by atoms with Gasteiger partial charge < -0.3 is 10.2 Å². The second-order valence-electron chi connectivity index (χ2n) is 6.39. The molecule has 3 rings (SSSR count). The second-order valence-corrected chi connectivity index (χ2v) is 7.50. The lowest BCUT2D eigenvalue weighted by molar-refractivity contribution is -0.120. The Morgan fingerprint density at radius 2 is 2.04 bits per heavy atom. The summed E-state index contributed by atoms with van der Waals surface area (Å²) in [4.78, 5) is 18.6. The molecule has 0 saturated heterocycles. The Balaban J connectivity index is 1.59. The zero-order valence-electron chi connectivity index (χ0n) is 15.0. The molecule has 0 saturated carbocycles. The Kier molecular flexibility index (Phi) is 5.69. The molecule has 0 aliphatic heterocycles. The largest absolute Gasteiger partial charge is 0.385 e. The molecule has 5 nitrogen and oxygen atoms in total. The lowest BCUT2D eigenvalue weighted by atomic mass is 9.96. The van der Waals surface area contributed by atoms with Gasteiger partial charge >= 0.3 is 0 Å². The van der Waals surface area contributed by atoms with Crippen molar-refractivity contribution < 1.29 is 9.63 Å². The number of nitrogens with zero attached hydrogens (tertiary/aromatic N) is 2. The normalized spacial score (nSPS) is 13.7. The van der Waals surface area contributed by atoms with Gasteiger partial charge in [-0.1, -0.05) is 35.0 Å². The summed E-state index contributed by atoms with van der Waals surface area (Å²) in [6.07, 6.45) is 4.14. The molecule has 0 unspecified atom stereocenters. The Morgan fingerprint density at radius 3 is 2.77 bits per heavy atom. The van der Waals surface area contributed by atoms with Gasteiger partial charge in [-0.15, -0.1) is 11.3 Å². The average molecular weight is 367 g/mol. The zero-order chi connectivity index (χ0) is 18.5. The molecule has 1 aromatic carbocycles. The second kappa shape index (κ2) is 8.15. The van der Waals surface area contributed by atoms with E-state index in [1.165, 1.54) is 21.8 Å². The van der Waals surface area contributed by atoms with Crippen LogP contribution in [0.4, 0.5) is 5.00 Å². The highest BCUT2D eigenvalue weighted by Gasteiger charge is 2.21. The summed E-state index contributed by atoms with van der Waals surface area (Å²) in [6, 6.07) is 10.2. The molecule has 2 aromatic rings. The standard InChI is InChI=1S/C20H21N3O2S/c1-13-7-9-15(10-8-13)14(2)23-25-12-19(24)22-20-17(11-21)16-5-3-4-6-18(16)26-20/h7-10H,3-6,12H2,1-2H3,(H,22,24)/b23-14-. The van der Waals surface area contributed by atoms with Gasteiger partial charge in [-0.25, -0.2) is 0 Å². The third kappa shape index (κ3) is 4.12. The highest BCUT2D eigenvalue weighted by atomic mass is 32.1. The van der Waals surface area contributed by atoms with E-state index >= 15 is 0 Å². The van der Waals surface area contributed by atoms with Crippen LogP contribution in [-0.4, -0.2) is 18.2 Å². The van der Waals surface area contributed by atoms with Crippen LogP contribution in [0.15, 0.2) is 29.4 Å². The first kappa shape index (κ1) is 18.2. The Hall–Kier alpha value is -2.65. The van der Waals surface area contributed by atoms with E-state index in [0.717, 1.165) is 36.8 Å². The molecule has 0 atom stereocenters. The molecule has 0 spiro atoms. The number of hydrogen-bond acceptors (Lipinski definition) is 5. The minimum Gasteiger partial charge on any atom is -0.385 e. The molecule has 1 aromatic heterocycles. The highest BCUT2D eigenvalue weighted by Crippen LogP contribution is 2.37. The molecule has 0 radical (unpaired) electrons. The number of benzene rings is 1. The predicted octanol–water partition coefficient (Wildman–Crippen LogP) is 4.19. The van der Waals surface area contributed by atoms with Gasteiger partial charge in [0.1, 0.15) is 11.1 Å². The molecule has 0 fully saturated rings. The van der Waals surface area contributed by atoms with Crippen LogP contribution in [-0.2, 0) is 22.5 Å². The van der Waals surface area contributed by atoms with Crippen molar-refractivity contribution in [3.8, 4) is 6.07 Å². The smallest absolute Gasteiger partial charge is 0.265 e. The molecule has 0 bridgehead atoms. The van der Waals surface area contributed by atoms with Gasteiger partial charge in [0.15, 0.2) is 6.61 Å².